The monoisotopic (exact) mass is 300 g/mol. The SMILES string of the molecule is Cc1ccc(/C=C/C(=O)N2CCC(CC(N)=O)CC2)c(C)c1. The largest absolute Gasteiger partial charge is 0.370 e. The molecule has 0 saturated carbocycles. The second kappa shape index (κ2) is 7.25. The maximum atomic E-state index is 12.2. The van der Waals surface area contributed by atoms with E-state index in [0.717, 1.165) is 18.4 Å². The molecule has 2 amide bonds. The lowest BCUT2D eigenvalue weighted by atomic mass is 9.93. The van der Waals surface area contributed by atoms with Crippen molar-refractivity contribution in [1.82, 2.24) is 4.90 Å². The van der Waals surface area contributed by atoms with Gasteiger partial charge in [-0.05, 0) is 49.8 Å². The van der Waals surface area contributed by atoms with Gasteiger partial charge < -0.3 is 10.6 Å². The number of amides is 2. The van der Waals surface area contributed by atoms with Gasteiger partial charge in [-0.1, -0.05) is 23.8 Å². The number of rotatable bonds is 4. The molecule has 1 aromatic rings. The van der Waals surface area contributed by atoms with Crippen LogP contribution in [0.3, 0.4) is 0 Å². The molecule has 1 aliphatic rings. The highest BCUT2D eigenvalue weighted by Crippen LogP contribution is 2.20. The molecule has 0 radical (unpaired) electrons. The Balaban J connectivity index is 1.90. The van der Waals surface area contributed by atoms with Crippen molar-refractivity contribution in [3.8, 4) is 0 Å². The number of carbonyl (C=O) groups is 2. The first-order chi connectivity index (χ1) is 10.5. The molecule has 0 spiro atoms. The van der Waals surface area contributed by atoms with Gasteiger partial charge in [-0.3, -0.25) is 9.59 Å². The van der Waals surface area contributed by atoms with Crippen molar-refractivity contribution in [3.05, 3.63) is 41.0 Å². The minimum Gasteiger partial charge on any atom is -0.370 e. The van der Waals surface area contributed by atoms with Crippen LogP contribution in [0.15, 0.2) is 24.3 Å². The number of aryl methyl sites for hydroxylation is 2. The molecule has 4 heteroatoms. The first-order valence-corrected chi connectivity index (χ1v) is 7.78. The molecular formula is C18H24N2O2. The summed E-state index contributed by atoms with van der Waals surface area (Å²) in [7, 11) is 0. The number of benzene rings is 1. The number of carbonyl (C=O) groups excluding carboxylic acids is 2. The van der Waals surface area contributed by atoms with Crippen molar-refractivity contribution in [3.63, 3.8) is 0 Å². The summed E-state index contributed by atoms with van der Waals surface area (Å²) in [5.74, 6) is 0.113. The molecule has 2 rings (SSSR count). The predicted octanol–water partition coefficient (Wildman–Crippen LogP) is 2.43. The Morgan fingerprint density at radius 3 is 2.55 bits per heavy atom. The zero-order chi connectivity index (χ0) is 16.1. The van der Waals surface area contributed by atoms with E-state index >= 15 is 0 Å². The highest BCUT2D eigenvalue weighted by atomic mass is 16.2. The van der Waals surface area contributed by atoms with Crippen molar-refractivity contribution in [2.75, 3.05) is 13.1 Å². The standard InChI is InChI=1S/C18H24N2O2/c1-13-3-4-16(14(2)11-13)5-6-18(22)20-9-7-15(8-10-20)12-17(19)21/h3-6,11,15H,7-10,12H2,1-2H3,(H2,19,21)/b6-5+. The van der Waals surface area contributed by atoms with Crippen LogP contribution in [-0.4, -0.2) is 29.8 Å². The zero-order valence-electron chi connectivity index (χ0n) is 13.3. The molecule has 0 unspecified atom stereocenters. The fourth-order valence-electron chi connectivity index (χ4n) is 2.92. The average Bonchev–Trinajstić information content (AvgIpc) is 2.46. The number of nitrogens with zero attached hydrogens (tertiary/aromatic N) is 1. The lowest BCUT2D eigenvalue weighted by Crippen LogP contribution is -2.38. The van der Waals surface area contributed by atoms with Crippen LogP contribution in [0.2, 0.25) is 0 Å². The number of primary amides is 1. The zero-order valence-corrected chi connectivity index (χ0v) is 13.3. The molecule has 4 nitrogen and oxygen atoms in total. The smallest absolute Gasteiger partial charge is 0.246 e. The first-order valence-electron chi connectivity index (χ1n) is 7.78. The van der Waals surface area contributed by atoms with E-state index in [9.17, 15) is 9.59 Å². The maximum absolute atomic E-state index is 12.2. The summed E-state index contributed by atoms with van der Waals surface area (Å²) in [6.45, 7) is 5.51. The van der Waals surface area contributed by atoms with E-state index in [-0.39, 0.29) is 11.8 Å². The van der Waals surface area contributed by atoms with Crippen molar-refractivity contribution < 1.29 is 9.59 Å². The van der Waals surface area contributed by atoms with Gasteiger partial charge in [0.25, 0.3) is 0 Å². The number of hydrogen-bond donors (Lipinski definition) is 1. The van der Waals surface area contributed by atoms with Crippen LogP contribution in [0, 0.1) is 19.8 Å². The average molecular weight is 300 g/mol. The van der Waals surface area contributed by atoms with E-state index in [1.54, 1.807) is 6.08 Å². The fraction of sp³-hybridized carbons (Fsp3) is 0.444. The highest BCUT2D eigenvalue weighted by molar-refractivity contribution is 5.92. The Bertz CT molecular complexity index is 585. The molecule has 0 bridgehead atoms. The second-order valence-electron chi connectivity index (χ2n) is 6.13. The summed E-state index contributed by atoms with van der Waals surface area (Å²) in [6.07, 6.45) is 5.66. The number of nitrogens with two attached hydrogens (primary N) is 1. The summed E-state index contributed by atoms with van der Waals surface area (Å²) in [5.41, 5.74) is 8.69. The van der Waals surface area contributed by atoms with Crippen molar-refractivity contribution >= 4 is 17.9 Å². The molecular weight excluding hydrogens is 276 g/mol. The number of piperidine rings is 1. The van der Waals surface area contributed by atoms with E-state index in [0.29, 0.717) is 25.4 Å². The molecule has 1 heterocycles. The first kappa shape index (κ1) is 16.3. The molecule has 0 atom stereocenters. The molecule has 118 valence electrons. The second-order valence-corrected chi connectivity index (χ2v) is 6.13. The summed E-state index contributed by atoms with van der Waals surface area (Å²) in [4.78, 5) is 25.0. The summed E-state index contributed by atoms with van der Waals surface area (Å²) >= 11 is 0. The topological polar surface area (TPSA) is 63.4 Å². The summed E-state index contributed by atoms with van der Waals surface area (Å²) in [6, 6.07) is 6.19. The van der Waals surface area contributed by atoms with Gasteiger partial charge in [-0.15, -0.1) is 0 Å². The van der Waals surface area contributed by atoms with Gasteiger partial charge in [-0.25, -0.2) is 0 Å². The molecule has 1 saturated heterocycles. The molecule has 1 fully saturated rings. The summed E-state index contributed by atoms with van der Waals surface area (Å²) in [5, 5.41) is 0. The minimum absolute atomic E-state index is 0.0394. The predicted molar refractivity (Wildman–Crippen MR) is 88.1 cm³/mol. The van der Waals surface area contributed by atoms with Crippen LogP contribution in [0.4, 0.5) is 0 Å². The van der Waals surface area contributed by atoms with Gasteiger partial charge in [0, 0.05) is 25.6 Å². The Labute approximate surface area is 132 Å². The van der Waals surface area contributed by atoms with E-state index < -0.39 is 0 Å². The maximum Gasteiger partial charge on any atom is 0.246 e. The van der Waals surface area contributed by atoms with Crippen molar-refractivity contribution in [1.29, 1.82) is 0 Å². The third kappa shape index (κ3) is 4.45. The fourth-order valence-corrected chi connectivity index (χ4v) is 2.92. The van der Waals surface area contributed by atoms with E-state index in [1.165, 1.54) is 11.1 Å². The normalized spacial score (nSPS) is 16.2. The molecule has 0 aliphatic carbocycles. The van der Waals surface area contributed by atoms with Crippen molar-refractivity contribution in [2.24, 2.45) is 11.7 Å². The Hall–Kier alpha value is -2.10. The van der Waals surface area contributed by atoms with Crippen LogP contribution in [0.5, 0.6) is 0 Å². The van der Waals surface area contributed by atoms with Crippen LogP contribution in [-0.2, 0) is 9.59 Å². The quantitative estimate of drug-likeness (QED) is 0.868. The third-order valence-electron chi connectivity index (χ3n) is 4.25. The lowest BCUT2D eigenvalue weighted by Gasteiger charge is -2.30. The van der Waals surface area contributed by atoms with Crippen LogP contribution in [0.25, 0.3) is 6.08 Å². The molecule has 22 heavy (non-hydrogen) atoms. The molecule has 2 N–H and O–H groups in total. The third-order valence-corrected chi connectivity index (χ3v) is 4.25. The number of hydrogen-bond acceptors (Lipinski definition) is 2. The Morgan fingerprint density at radius 2 is 1.95 bits per heavy atom. The Kier molecular flexibility index (Phi) is 5.36. The molecule has 1 aliphatic heterocycles. The van der Waals surface area contributed by atoms with E-state index in [4.69, 9.17) is 5.73 Å². The number of likely N-dealkylation sites (tertiary alicyclic amines) is 1. The van der Waals surface area contributed by atoms with Gasteiger partial charge in [0.05, 0.1) is 0 Å². The summed E-state index contributed by atoms with van der Waals surface area (Å²) < 4.78 is 0. The van der Waals surface area contributed by atoms with E-state index in [1.807, 2.05) is 30.0 Å². The lowest BCUT2D eigenvalue weighted by molar-refractivity contribution is -0.127. The van der Waals surface area contributed by atoms with Crippen LogP contribution >= 0.6 is 0 Å². The van der Waals surface area contributed by atoms with Crippen molar-refractivity contribution in [2.45, 2.75) is 33.1 Å². The van der Waals surface area contributed by atoms with E-state index in [2.05, 4.69) is 13.0 Å². The molecule has 0 aromatic heterocycles. The van der Waals surface area contributed by atoms with Crippen LogP contribution < -0.4 is 5.73 Å². The highest BCUT2D eigenvalue weighted by Gasteiger charge is 2.22. The Morgan fingerprint density at radius 1 is 1.27 bits per heavy atom. The minimum atomic E-state index is -0.250. The van der Waals surface area contributed by atoms with Gasteiger partial charge >= 0.3 is 0 Å². The van der Waals surface area contributed by atoms with Gasteiger partial charge in [0.2, 0.25) is 11.8 Å². The van der Waals surface area contributed by atoms with Gasteiger partial charge in [-0.2, -0.15) is 0 Å². The van der Waals surface area contributed by atoms with Crippen LogP contribution in [0.1, 0.15) is 36.0 Å². The van der Waals surface area contributed by atoms with Gasteiger partial charge in [0.1, 0.15) is 0 Å². The van der Waals surface area contributed by atoms with Gasteiger partial charge in [0.15, 0.2) is 0 Å². The molecule has 1 aromatic carbocycles.